The van der Waals surface area contributed by atoms with Crippen molar-refractivity contribution < 1.29 is 9.53 Å². The molecule has 1 amide bonds. The molecule has 0 bridgehead atoms. The lowest BCUT2D eigenvalue weighted by Gasteiger charge is -2.17. The molecule has 0 spiro atoms. The van der Waals surface area contributed by atoms with E-state index in [-0.39, 0.29) is 17.6 Å². The van der Waals surface area contributed by atoms with Gasteiger partial charge in [0.15, 0.2) is 0 Å². The van der Waals surface area contributed by atoms with Crippen molar-refractivity contribution in [3.8, 4) is 5.75 Å². The Morgan fingerprint density at radius 2 is 2.00 bits per heavy atom. The van der Waals surface area contributed by atoms with Crippen LogP contribution in [0.3, 0.4) is 0 Å². The minimum absolute atomic E-state index is 0.0907. The normalized spacial score (nSPS) is 16.7. The van der Waals surface area contributed by atoms with Crippen LogP contribution in [0.5, 0.6) is 5.75 Å². The highest BCUT2D eigenvalue weighted by molar-refractivity contribution is 5.95. The highest BCUT2D eigenvalue weighted by Gasteiger charge is 2.29. The highest BCUT2D eigenvalue weighted by atomic mass is 16.5. The second kappa shape index (κ2) is 6.87. The van der Waals surface area contributed by atoms with E-state index in [4.69, 9.17) is 4.74 Å². The SMILES string of the molecule is Cc1cc(OC2CCN(C(=O)c3ccc4ccccc4n3)C2)cc(=O)n1C. The third-order valence-electron chi connectivity index (χ3n) is 5.03. The van der Waals surface area contributed by atoms with Gasteiger partial charge in [-0.05, 0) is 25.1 Å². The van der Waals surface area contributed by atoms with Crippen LogP contribution in [0.1, 0.15) is 22.6 Å². The first-order valence-corrected chi connectivity index (χ1v) is 9.01. The zero-order valence-electron chi connectivity index (χ0n) is 15.4. The largest absolute Gasteiger partial charge is 0.488 e. The summed E-state index contributed by atoms with van der Waals surface area (Å²) in [6.07, 6.45) is 0.606. The molecule has 1 atom stereocenters. The highest BCUT2D eigenvalue weighted by Crippen LogP contribution is 2.20. The summed E-state index contributed by atoms with van der Waals surface area (Å²) in [6, 6.07) is 14.8. The number of hydrogen-bond acceptors (Lipinski definition) is 4. The van der Waals surface area contributed by atoms with Crippen molar-refractivity contribution >= 4 is 16.8 Å². The summed E-state index contributed by atoms with van der Waals surface area (Å²) in [7, 11) is 1.73. The van der Waals surface area contributed by atoms with E-state index >= 15 is 0 Å². The fourth-order valence-corrected chi connectivity index (χ4v) is 3.35. The van der Waals surface area contributed by atoms with Gasteiger partial charge >= 0.3 is 0 Å². The minimum Gasteiger partial charge on any atom is -0.488 e. The number of nitrogens with zero attached hydrogens (tertiary/aromatic N) is 3. The van der Waals surface area contributed by atoms with Gasteiger partial charge < -0.3 is 14.2 Å². The van der Waals surface area contributed by atoms with Gasteiger partial charge in [0.2, 0.25) is 0 Å². The quantitative estimate of drug-likeness (QED) is 0.717. The van der Waals surface area contributed by atoms with E-state index in [0.29, 0.717) is 24.5 Å². The number of ether oxygens (including phenoxy) is 1. The van der Waals surface area contributed by atoms with Crippen LogP contribution in [0.15, 0.2) is 53.3 Å². The number of carbonyl (C=O) groups excluding carboxylic acids is 1. The zero-order valence-corrected chi connectivity index (χ0v) is 15.4. The molecule has 2 aromatic heterocycles. The summed E-state index contributed by atoms with van der Waals surface area (Å²) in [5.41, 5.74) is 1.99. The Balaban J connectivity index is 1.47. The third-order valence-corrected chi connectivity index (χ3v) is 5.03. The Bertz CT molecular complexity index is 1070. The molecular weight excluding hydrogens is 342 g/mol. The maximum absolute atomic E-state index is 12.8. The summed E-state index contributed by atoms with van der Waals surface area (Å²) >= 11 is 0. The number of rotatable bonds is 3. The van der Waals surface area contributed by atoms with Crippen LogP contribution in [-0.4, -0.2) is 39.6 Å². The second-order valence-corrected chi connectivity index (χ2v) is 6.90. The molecule has 4 rings (SSSR count). The summed E-state index contributed by atoms with van der Waals surface area (Å²) in [5, 5.41) is 1.01. The average molecular weight is 363 g/mol. The van der Waals surface area contributed by atoms with Crippen LogP contribution in [-0.2, 0) is 7.05 Å². The molecule has 0 saturated carbocycles. The zero-order chi connectivity index (χ0) is 19.0. The standard InChI is InChI=1S/C21H21N3O3/c1-14-11-17(12-20(25)23(14)2)27-16-9-10-24(13-16)21(26)19-8-7-15-5-3-4-6-18(15)22-19/h3-8,11-12,16H,9-10,13H2,1-2H3. The predicted octanol–water partition coefficient (Wildman–Crippen LogP) is 2.54. The predicted molar refractivity (Wildman–Crippen MR) is 103 cm³/mol. The molecule has 1 saturated heterocycles. The van der Waals surface area contributed by atoms with E-state index in [9.17, 15) is 9.59 Å². The monoisotopic (exact) mass is 363 g/mol. The molecule has 0 aliphatic carbocycles. The Morgan fingerprint density at radius 3 is 2.81 bits per heavy atom. The number of para-hydroxylation sites is 1. The fraction of sp³-hybridized carbons (Fsp3) is 0.286. The van der Waals surface area contributed by atoms with Crippen LogP contribution in [0.2, 0.25) is 0 Å². The number of carbonyl (C=O) groups is 1. The molecular formula is C21H21N3O3. The van der Waals surface area contributed by atoms with Gasteiger partial charge in [-0.3, -0.25) is 9.59 Å². The maximum atomic E-state index is 12.8. The van der Waals surface area contributed by atoms with E-state index in [0.717, 1.165) is 23.0 Å². The van der Waals surface area contributed by atoms with Gasteiger partial charge in [0.25, 0.3) is 11.5 Å². The Labute approximate surface area is 157 Å². The van der Waals surface area contributed by atoms with E-state index in [1.54, 1.807) is 22.6 Å². The van der Waals surface area contributed by atoms with Crippen LogP contribution < -0.4 is 10.3 Å². The molecule has 1 unspecified atom stereocenters. The molecule has 1 aromatic carbocycles. The number of hydrogen-bond donors (Lipinski definition) is 0. The smallest absolute Gasteiger partial charge is 0.272 e. The second-order valence-electron chi connectivity index (χ2n) is 6.90. The molecule has 3 heterocycles. The fourth-order valence-electron chi connectivity index (χ4n) is 3.35. The van der Waals surface area contributed by atoms with Crippen LogP contribution in [0.25, 0.3) is 10.9 Å². The van der Waals surface area contributed by atoms with Crippen molar-refractivity contribution in [1.29, 1.82) is 0 Å². The van der Waals surface area contributed by atoms with Crippen molar-refractivity contribution in [2.45, 2.75) is 19.4 Å². The third kappa shape index (κ3) is 3.43. The molecule has 1 aliphatic heterocycles. The van der Waals surface area contributed by atoms with Crippen molar-refractivity contribution in [3.63, 3.8) is 0 Å². The van der Waals surface area contributed by atoms with Gasteiger partial charge in [-0.25, -0.2) is 4.98 Å². The molecule has 1 fully saturated rings. The number of aryl methyl sites for hydroxylation is 1. The van der Waals surface area contributed by atoms with Crippen LogP contribution in [0.4, 0.5) is 0 Å². The Morgan fingerprint density at radius 1 is 1.19 bits per heavy atom. The topological polar surface area (TPSA) is 64.4 Å². The number of likely N-dealkylation sites (tertiary alicyclic amines) is 1. The van der Waals surface area contributed by atoms with Gasteiger partial charge in [-0.15, -0.1) is 0 Å². The molecule has 27 heavy (non-hydrogen) atoms. The van der Waals surface area contributed by atoms with Gasteiger partial charge in [-0.2, -0.15) is 0 Å². The molecule has 1 aliphatic rings. The number of benzene rings is 1. The number of amides is 1. The summed E-state index contributed by atoms with van der Waals surface area (Å²) < 4.78 is 7.52. The molecule has 0 radical (unpaired) electrons. The lowest BCUT2D eigenvalue weighted by molar-refractivity contribution is 0.0767. The van der Waals surface area contributed by atoms with E-state index in [1.807, 2.05) is 43.3 Å². The van der Waals surface area contributed by atoms with Gasteiger partial charge in [0.1, 0.15) is 17.5 Å². The average Bonchev–Trinajstić information content (AvgIpc) is 3.13. The van der Waals surface area contributed by atoms with E-state index in [2.05, 4.69) is 4.98 Å². The Hall–Kier alpha value is -3.15. The lowest BCUT2D eigenvalue weighted by Crippen LogP contribution is -2.31. The number of fused-ring (bicyclic) bond motifs is 1. The molecule has 6 heteroatoms. The summed E-state index contributed by atoms with van der Waals surface area (Å²) in [5.74, 6) is 0.464. The maximum Gasteiger partial charge on any atom is 0.272 e. The first-order valence-electron chi connectivity index (χ1n) is 9.01. The van der Waals surface area contributed by atoms with Crippen molar-refractivity contribution in [3.05, 3.63) is 70.3 Å². The van der Waals surface area contributed by atoms with Crippen molar-refractivity contribution in [2.75, 3.05) is 13.1 Å². The summed E-state index contributed by atoms with van der Waals surface area (Å²) in [6.45, 7) is 2.97. The van der Waals surface area contributed by atoms with Gasteiger partial charge in [0, 0.05) is 37.2 Å². The summed E-state index contributed by atoms with van der Waals surface area (Å²) in [4.78, 5) is 31.0. The minimum atomic E-state index is -0.124. The molecule has 138 valence electrons. The lowest BCUT2D eigenvalue weighted by atomic mass is 10.2. The van der Waals surface area contributed by atoms with Gasteiger partial charge in [-0.1, -0.05) is 24.3 Å². The molecule has 6 nitrogen and oxygen atoms in total. The van der Waals surface area contributed by atoms with Crippen LogP contribution in [0, 0.1) is 6.92 Å². The Kier molecular flexibility index (Phi) is 4.39. The van der Waals surface area contributed by atoms with Crippen LogP contribution >= 0.6 is 0 Å². The van der Waals surface area contributed by atoms with E-state index < -0.39 is 0 Å². The number of pyridine rings is 2. The first kappa shape index (κ1) is 17.3. The van der Waals surface area contributed by atoms with Crippen molar-refractivity contribution in [1.82, 2.24) is 14.5 Å². The number of aromatic nitrogens is 2. The molecule has 3 aromatic rings. The van der Waals surface area contributed by atoms with Gasteiger partial charge in [0.05, 0.1) is 12.1 Å². The van der Waals surface area contributed by atoms with E-state index in [1.165, 1.54) is 6.07 Å². The van der Waals surface area contributed by atoms with Crippen molar-refractivity contribution in [2.24, 2.45) is 7.05 Å². The molecule has 0 N–H and O–H groups in total. The first-order chi connectivity index (χ1) is 13.0.